The lowest BCUT2D eigenvalue weighted by Gasteiger charge is -2.31. The molecule has 1 saturated heterocycles. The van der Waals surface area contributed by atoms with Crippen LogP contribution in [-0.4, -0.2) is 74.0 Å². The second-order valence-electron chi connectivity index (χ2n) is 8.35. The summed E-state index contributed by atoms with van der Waals surface area (Å²) in [6.07, 6.45) is 2.42. The average molecular weight is 584 g/mol. The number of piperidine rings is 1. The van der Waals surface area contributed by atoms with Crippen LogP contribution in [0.1, 0.15) is 24.1 Å². The van der Waals surface area contributed by atoms with E-state index in [1.54, 1.807) is 12.1 Å². The largest absolute Gasteiger partial charge is 0.490 e. The van der Waals surface area contributed by atoms with Crippen molar-refractivity contribution in [2.24, 2.45) is 11.7 Å². The number of carboxylic acids is 2. The van der Waals surface area contributed by atoms with Crippen LogP contribution in [0.3, 0.4) is 0 Å². The van der Waals surface area contributed by atoms with Gasteiger partial charge in [-0.25, -0.2) is 14.0 Å². The molecule has 2 aromatic rings. The topological polar surface area (TPSA) is 135 Å². The Bertz CT molecular complexity index is 1090. The molecule has 40 heavy (non-hydrogen) atoms. The SMILES string of the molecule is NCc1cn(CC2CCCN(CC=CC=Cc3ccc(F)cc3)C2)nn1.O=C(O)C(F)(F)F.O=C(O)C(F)(F)F. The van der Waals surface area contributed by atoms with Crippen LogP contribution >= 0.6 is 0 Å². The highest BCUT2D eigenvalue weighted by Gasteiger charge is 2.38. The molecule has 1 atom stereocenters. The first kappa shape index (κ1) is 34.2. The van der Waals surface area contributed by atoms with E-state index in [4.69, 9.17) is 25.5 Å². The summed E-state index contributed by atoms with van der Waals surface area (Å²) in [6.45, 7) is 4.48. The van der Waals surface area contributed by atoms with Crippen molar-refractivity contribution >= 4 is 18.0 Å². The minimum absolute atomic E-state index is 0.206. The molecule has 1 aromatic heterocycles. The zero-order chi connectivity index (χ0) is 30.3. The highest BCUT2D eigenvalue weighted by atomic mass is 19.4. The molecule has 4 N–H and O–H groups in total. The number of alkyl halides is 6. The third kappa shape index (κ3) is 14.4. The highest BCUT2D eigenvalue weighted by Crippen LogP contribution is 2.18. The molecule has 1 aliphatic heterocycles. The summed E-state index contributed by atoms with van der Waals surface area (Å²) in [5.41, 5.74) is 7.43. The van der Waals surface area contributed by atoms with Gasteiger partial charge in [-0.15, -0.1) is 5.10 Å². The van der Waals surface area contributed by atoms with Gasteiger partial charge in [0.25, 0.3) is 0 Å². The van der Waals surface area contributed by atoms with Gasteiger partial charge in [-0.3, -0.25) is 9.58 Å². The van der Waals surface area contributed by atoms with Gasteiger partial charge in [0.1, 0.15) is 5.82 Å². The summed E-state index contributed by atoms with van der Waals surface area (Å²) >= 11 is 0. The van der Waals surface area contributed by atoms with E-state index >= 15 is 0 Å². The maximum absolute atomic E-state index is 12.9. The van der Waals surface area contributed by atoms with E-state index in [1.165, 1.54) is 25.0 Å². The number of nitrogens with zero attached hydrogens (tertiary/aromatic N) is 4. The molecular formula is C24H28F7N5O4. The van der Waals surface area contributed by atoms with Crippen molar-refractivity contribution in [3.05, 3.63) is 65.8 Å². The Balaban J connectivity index is 0.000000473. The summed E-state index contributed by atoms with van der Waals surface area (Å²) in [5.74, 6) is -5.12. The molecule has 1 aliphatic rings. The first-order chi connectivity index (χ1) is 18.6. The molecule has 9 nitrogen and oxygen atoms in total. The van der Waals surface area contributed by atoms with Crippen LogP contribution in [0.5, 0.6) is 0 Å². The molecule has 0 bridgehead atoms. The normalized spacial score (nSPS) is 16.2. The smallest absolute Gasteiger partial charge is 0.475 e. The van der Waals surface area contributed by atoms with Crippen molar-refractivity contribution in [1.29, 1.82) is 0 Å². The number of carbonyl (C=O) groups is 2. The molecule has 1 unspecified atom stereocenters. The monoisotopic (exact) mass is 583 g/mol. The quantitative estimate of drug-likeness (QED) is 0.327. The zero-order valence-corrected chi connectivity index (χ0v) is 20.9. The molecule has 0 radical (unpaired) electrons. The van der Waals surface area contributed by atoms with E-state index in [0.29, 0.717) is 12.5 Å². The predicted octanol–water partition coefficient (Wildman–Crippen LogP) is 4.12. The number of nitrogens with two attached hydrogens (primary N) is 1. The zero-order valence-electron chi connectivity index (χ0n) is 20.9. The third-order valence-corrected chi connectivity index (χ3v) is 5.10. The van der Waals surface area contributed by atoms with Gasteiger partial charge in [-0.2, -0.15) is 26.3 Å². The molecule has 1 fully saturated rings. The molecule has 0 spiro atoms. The Labute approximate surface area is 224 Å². The van der Waals surface area contributed by atoms with Gasteiger partial charge in [0.05, 0.1) is 5.69 Å². The Hall–Kier alpha value is -3.79. The first-order valence-corrected chi connectivity index (χ1v) is 11.6. The third-order valence-electron chi connectivity index (χ3n) is 5.10. The van der Waals surface area contributed by atoms with E-state index in [0.717, 1.165) is 37.4 Å². The molecule has 1 aromatic carbocycles. The van der Waals surface area contributed by atoms with Crippen LogP contribution in [0.15, 0.2) is 48.7 Å². The summed E-state index contributed by atoms with van der Waals surface area (Å²) < 4.78 is 78.3. The second kappa shape index (κ2) is 16.3. The van der Waals surface area contributed by atoms with Crippen molar-refractivity contribution in [2.45, 2.75) is 38.3 Å². The molecule has 0 saturated carbocycles. The van der Waals surface area contributed by atoms with Gasteiger partial charge in [0.15, 0.2) is 0 Å². The molecule has 0 aliphatic carbocycles. The number of aromatic nitrogens is 3. The average Bonchev–Trinajstić information content (AvgIpc) is 3.32. The maximum atomic E-state index is 12.9. The van der Waals surface area contributed by atoms with Crippen LogP contribution in [0.2, 0.25) is 0 Å². The Morgan fingerprint density at radius 3 is 2.10 bits per heavy atom. The number of rotatable bonds is 7. The van der Waals surface area contributed by atoms with E-state index in [1.807, 2.05) is 23.0 Å². The van der Waals surface area contributed by atoms with Gasteiger partial charge < -0.3 is 15.9 Å². The summed E-state index contributed by atoms with van der Waals surface area (Å²) in [6, 6.07) is 6.50. The van der Waals surface area contributed by atoms with Crippen LogP contribution < -0.4 is 5.73 Å². The van der Waals surface area contributed by atoms with Gasteiger partial charge >= 0.3 is 24.3 Å². The number of hydrogen-bond acceptors (Lipinski definition) is 6. The lowest BCUT2D eigenvalue weighted by molar-refractivity contribution is -0.193. The summed E-state index contributed by atoms with van der Waals surface area (Å²) in [5, 5.41) is 22.5. The highest BCUT2D eigenvalue weighted by molar-refractivity contribution is 5.73. The number of likely N-dealkylation sites (tertiary alicyclic amines) is 1. The first-order valence-electron chi connectivity index (χ1n) is 11.6. The molecule has 3 rings (SSSR count). The number of benzene rings is 1. The van der Waals surface area contributed by atoms with Gasteiger partial charge in [0.2, 0.25) is 0 Å². The fourth-order valence-corrected chi connectivity index (χ4v) is 3.28. The van der Waals surface area contributed by atoms with E-state index in [9.17, 15) is 30.7 Å². The summed E-state index contributed by atoms with van der Waals surface area (Å²) in [4.78, 5) is 20.3. The standard InChI is InChI=1S/C20H26FN5.2C2HF3O2/c21-19-9-7-17(8-10-19)5-2-1-3-11-25-12-4-6-18(14-25)15-26-16-20(13-22)23-24-26;2*3-2(4,5)1(6)7/h1-3,5,7-10,16,18H,4,6,11-15,22H2;2*(H,6,7). The number of aliphatic carboxylic acids is 2. The van der Waals surface area contributed by atoms with Crippen molar-refractivity contribution in [2.75, 3.05) is 19.6 Å². The fourth-order valence-electron chi connectivity index (χ4n) is 3.28. The molecular weight excluding hydrogens is 555 g/mol. The van der Waals surface area contributed by atoms with Crippen molar-refractivity contribution < 1.29 is 50.5 Å². The van der Waals surface area contributed by atoms with Crippen molar-refractivity contribution in [3.63, 3.8) is 0 Å². The Morgan fingerprint density at radius 1 is 1.02 bits per heavy atom. The van der Waals surface area contributed by atoms with Crippen LogP contribution in [-0.2, 0) is 22.7 Å². The van der Waals surface area contributed by atoms with Crippen molar-refractivity contribution in [1.82, 2.24) is 19.9 Å². The minimum atomic E-state index is -5.08. The number of carboxylic acid groups (broad SMARTS) is 2. The lowest BCUT2D eigenvalue weighted by Crippen LogP contribution is -2.37. The second-order valence-corrected chi connectivity index (χ2v) is 8.35. The predicted molar refractivity (Wildman–Crippen MR) is 129 cm³/mol. The van der Waals surface area contributed by atoms with Gasteiger partial charge in [-0.05, 0) is 43.0 Å². The Kier molecular flexibility index (Phi) is 14.0. The summed E-state index contributed by atoms with van der Waals surface area (Å²) in [7, 11) is 0. The maximum Gasteiger partial charge on any atom is 0.490 e. The van der Waals surface area contributed by atoms with Gasteiger partial charge in [0, 0.05) is 32.4 Å². The van der Waals surface area contributed by atoms with Crippen molar-refractivity contribution in [3.8, 4) is 0 Å². The lowest BCUT2D eigenvalue weighted by atomic mass is 9.98. The van der Waals surface area contributed by atoms with Crippen LogP contribution in [0.25, 0.3) is 6.08 Å². The number of allylic oxidation sites excluding steroid dienone is 2. The molecule has 2 heterocycles. The Morgan fingerprint density at radius 2 is 1.60 bits per heavy atom. The van der Waals surface area contributed by atoms with E-state index < -0.39 is 24.3 Å². The number of halogens is 7. The number of hydrogen-bond donors (Lipinski definition) is 3. The van der Waals surface area contributed by atoms with Gasteiger partial charge in [-0.1, -0.05) is 41.7 Å². The van der Waals surface area contributed by atoms with Crippen LogP contribution in [0.4, 0.5) is 30.7 Å². The molecule has 222 valence electrons. The minimum Gasteiger partial charge on any atom is -0.475 e. The molecule has 16 heteroatoms. The fraction of sp³-hybridized carbons (Fsp3) is 0.417. The van der Waals surface area contributed by atoms with E-state index in [2.05, 4.69) is 27.4 Å². The van der Waals surface area contributed by atoms with Crippen LogP contribution in [0, 0.1) is 11.7 Å². The molecule has 0 amide bonds. The van der Waals surface area contributed by atoms with E-state index in [-0.39, 0.29) is 5.82 Å².